The van der Waals surface area contributed by atoms with Gasteiger partial charge in [0, 0.05) is 34.3 Å². The third-order valence-corrected chi connectivity index (χ3v) is 6.41. The Balaban J connectivity index is 1.45. The van der Waals surface area contributed by atoms with Gasteiger partial charge in [-0.1, -0.05) is 15.9 Å². The van der Waals surface area contributed by atoms with Gasteiger partial charge in [-0.15, -0.1) is 0 Å². The van der Waals surface area contributed by atoms with Crippen molar-refractivity contribution >= 4 is 44.3 Å². The molecule has 5 rings (SSSR count). The fourth-order valence-corrected chi connectivity index (χ4v) is 4.67. The highest BCUT2D eigenvalue weighted by Gasteiger charge is 2.55. The van der Waals surface area contributed by atoms with E-state index in [0.717, 1.165) is 28.2 Å². The van der Waals surface area contributed by atoms with Crippen LogP contribution in [0.1, 0.15) is 29.6 Å². The highest BCUT2D eigenvalue weighted by Crippen LogP contribution is 2.55. The second-order valence-corrected chi connectivity index (χ2v) is 8.84. The summed E-state index contributed by atoms with van der Waals surface area (Å²) in [4.78, 5) is 34.9. The topological polar surface area (TPSA) is 98.3 Å². The molecule has 2 aromatic heterocycles. The van der Waals surface area contributed by atoms with Crippen LogP contribution in [0.5, 0.6) is 5.75 Å². The number of anilines is 1. The fourth-order valence-electron chi connectivity index (χ4n) is 4.22. The van der Waals surface area contributed by atoms with Crippen molar-refractivity contribution in [2.75, 3.05) is 11.9 Å². The Morgan fingerprint density at radius 3 is 2.90 bits per heavy atom. The summed E-state index contributed by atoms with van der Waals surface area (Å²) in [5.74, 6) is -0.722. The van der Waals surface area contributed by atoms with E-state index in [4.69, 9.17) is 0 Å². The number of pyridine rings is 1. The average Bonchev–Trinajstić information content (AvgIpc) is 3.10. The molecule has 3 N–H and O–H groups in total. The van der Waals surface area contributed by atoms with E-state index in [1.165, 1.54) is 18.5 Å². The minimum absolute atomic E-state index is 0.0288. The van der Waals surface area contributed by atoms with Crippen molar-refractivity contribution in [3.05, 3.63) is 52.9 Å². The molecule has 1 saturated heterocycles. The Morgan fingerprint density at radius 1 is 1.31 bits per heavy atom. The van der Waals surface area contributed by atoms with Crippen LogP contribution in [-0.4, -0.2) is 44.4 Å². The first-order valence-corrected chi connectivity index (χ1v) is 10.3. The molecular weight excluding hydrogens is 436 g/mol. The van der Waals surface area contributed by atoms with Crippen molar-refractivity contribution in [1.82, 2.24) is 14.9 Å². The summed E-state index contributed by atoms with van der Waals surface area (Å²) in [6.07, 6.45) is 7.21. The van der Waals surface area contributed by atoms with Crippen molar-refractivity contribution in [1.29, 1.82) is 0 Å². The van der Waals surface area contributed by atoms with Crippen LogP contribution in [0.3, 0.4) is 0 Å². The number of hydrogen-bond donors (Lipinski definition) is 3. The summed E-state index contributed by atoms with van der Waals surface area (Å²) >= 11 is 3.47. The highest BCUT2D eigenvalue weighted by molar-refractivity contribution is 9.10. The molecule has 0 radical (unpaired) electrons. The molecule has 3 heterocycles. The SMILES string of the molecule is O=C(Nc1cc(Br)cc2[nH]ccc12)[C@H]1CC2(CC2)CN1C(=O)c1ccncc1O. The van der Waals surface area contributed by atoms with Gasteiger partial charge in [0.25, 0.3) is 5.91 Å². The summed E-state index contributed by atoms with van der Waals surface area (Å²) in [6, 6.07) is 6.62. The second kappa shape index (κ2) is 6.59. The van der Waals surface area contributed by atoms with E-state index in [0.29, 0.717) is 18.7 Å². The molecule has 1 aliphatic heterocycles. The molecule has 29 heavy (non-hydrogen) atoms. The lowest BCUT2D eigenvalue weighted by atomic mass is 10.0. The van der Waals surface area contributed by atoms with Gasteiger partial charge in [0.2, 0.25) is 5.91 Å². The number of aromatic hydroxyl groups is 1. The van der Waals surface area contributed by atoms with Gasteiger partial charge in [-0.25, -0.2) is 0 Å². The summed E-state index contributed by atoms with van der Waals surface area (Å²) < 4.78 is 0.850. The molecule has 0 bridgehead atoms. The minimum Gasteiger partial charge on any atom is -0.505 e. The number of amides is 2. The van der Waals surface area contributed by atoms with Crippen molar-refractivity contribution in [3.63, 3.8) is 0 Å². The molecule has 7 nitrogen and oxygen atoms in total. The largest absolute Gasteiger partial charge is 0.505 e. The van der Waals surface area contributed by atoms with Crippen LogP contribution in [0.4, 0.5) is 5.69 Å². The first kappa shape index (κ1) is 18.2. The fraction of sp³-hybridized carbons (Fsp3) is 0.286. The number of carbonyl (C=O) groups is 2. The summed E-state index contributed by atoms with van der Waals surface area (Å²) in [5.41, 5.74) is 1.80. The predicted octanol–water partition coefficient (Wildman–Crippen LogP) is 3.66. The molecule has 148 valence electrons. The standard InChI is InChI=1S/C21H19BrN4O3/c22-12-7-15-13(2-6-24-15)16(8-12)25-19(28)17-9-21(3-4-21)11-26(17)20(29)14-1-5-23-10-18(14)27/h1-2,5-8,10,17,24,27H,3-4,9,11H2,(H,25,28)/t17-/m1/s1. The van der Waals surface area contributed by atoms with Crippen LogP contribution in [0.2, 0.25) is 0 Å². The number of aromatic amines is 1. The molecule has 1 aliphatic carbocycles. The number of rotatable bonds is 3. The molecule has 1 atom stereocenters. The second-order valence-electron chi connectivity index (χ2n) is 7.93. The van der Waals surface area contributed by atoms with E-state index in [1.807, 2.05) is 24.4 Å². The number of halogens is 1. The summed E-state index contributed by atoms with van der Waals surface area (Å²) in [5, 5.41) is 14.0. The Labute approximate surface area is 175 Å². The number of carbonyl (C=O) groups excluding carboxylic acids is 2. The number of likely N-dealkylation sites (tertiary alicyclic amines) is 1. The number of nitrogens with zero attached hydrogens (tertiary/aromatic N) is 2. The van der Waals surface area contributed by atoms with E-state index in [1.54, 1.807) is 4.90 Å². The normalized spacial score (nSPS) is 19.6. The molecule has 8 heteroatoms. The summed E-state index contributed by atoms with van der Waals surface area (Å²) in [6.45, 7) is 0.531. The zero-order valence-electron chi connectivity index (χ0n) is 15.5. The van der Waals surface area contributed by atoms with E-state index >= 15 is 0 Å². The molecule has 3 aromatic rings. The molecule has 2 amide bonds. The maximum absolute atomic E-state index is 13.2. The van der Waals surface area contributed by atoms with Gasteiger partial charge in [-0.2, -0.15) is 0 Å². The Kier molecular flexibility index (Phi) is 4.13. The van der Waals surface area contributed by atoms with Gasteiger partial charge < -0.3 is 20.3 Å². The molecule has 1 saturated carbocycles. The van der Waals surface area contributed by atoms with Crippen LogP contribution >= 0.6 is 15.9 Å². The number of aromatic nitrogens is 2. The number of nitrogens with one attached hydrogen (secondary N) is 2. The van der Waals surface area contributed by atoms with E-state index in [2.05, 4.69) is 31.2 Å². The van der Waals surface area contributed by atoms with E-state index in [-0.39, 0.29) is 28.5 Å². The van der Waals surface area contributed by atoms with Crippen molar-refractivity contribution in [2.45, 2.75) is 25.3 Å². The first-order valence-electron chi connectivity index (χ1n) is 9.47. The van der Waals surface area contributed by atoms with E-state index in [9.17, 15) is 14.7 Å². The number of H-pyrrole nitrogens is 1. The van der Waals surface area contributed by atoms with Crippen molar-refractivity contribution in [2.24, 2.45) is 5.41 Å². The monoisotopic (exact) mass is 454 g/mol. The summed E-state index contributed by atoms with van der Waals surface area (Å²) in [7, 11) is 0. The zero-order chi connectivity index (χ0) is 20.2. The van der Waals surface area contributed by atoms with E-state index < -0.39 is 6.04 Å². The molecule has 0 unspecified atom stereocenters. The van der Waals surface area contributed by atoms with Crippen LogP contribution in [0, 0.1) is 5.41 Å². The quantitative estimate of drug-likeness (QED) is 0.562. The number of hydrogen-bond acceptors (Lipinski definition) is 4. The molecule has 2 fully saturated rings. The maximum atomic E-state index is 13.2. The predicted molar refractivity (Wildman–Crippen MR) is 112 cm³/mol. The number of benzene rings is 1. The molecule has 1 aromatic carbocycles. The lowest BCUT2D eigenvalue weighted by Crippen LogP contribution is -2.43. The van der Waals surface area contributed by atoms with Gasteiger partial charge in [0.05, 0.1) is 17.4 Å². The molecule has 1 spiro atoms. The van der Waals surface area contributed by atoms with Crippen LogP contribution in [-0.2, 0) is 4.79 Å². The van der Waals surface area contributed by atoms with Crippen LogP contribution in [0.25, 0.3) is 10.9 Å². The third-order valence-electron chi connectivity index (χ3n) is 5.95. The number of fused-ring (bicyclic) bond motifs is 1. The Bertz CT molecular complexity index is 1140. The Hall–Kier alpha value is -2.87. The van der Waals surface area contributed by atoms with Gasteiger partial charge >= 0.3 is 0 Å². The van der Waals surface area contributed by atoms with Gasteiger partial charge in [-0.3, -0.25) is 14.6 Å². The third kappa shape index (κ3) is 3.17. The lowest BCUT2D eigenvalue weighted by Gasteiger charge is -2.24. The van der Waals surface area contributed by atoms with Crippen LogP contribution < -0.4 is 5.32 Å². The molecular formula is C21H19BrN4O3. The highest BCUT2D eigenvalue weighted by atomic mass is 79.9. The minimum atomic E-state index is -0.578. The van der Waals surface area contributed by atoms with Crippen LogP contribution in [0.15, 0.2) is 47.3 Å². The average molecular weight is 455 g/mol. The van der Waals surface area contributed by atoms with Crippen molar-refractivity contribution in [3.8, 4) is 5.75 Å². The first-order chi connectivity index (χ1) is 14.0. The molecule has 2 aliphatic rings. The van der Waals surface area contributed by atoms with Gasteiger partial charge in [-0.05, 0) is 48.9 Å². The zero-order valence-corrected chi connectivity index (χ0v) is 17.1. The van der Waals surface area contributed by atoms with Gasteiger partial charge in [0.1, 0.15) is 11.8 Å². The maximum Gasteiger partial charge on any atom is 0.258 e. The smallest absolute Gasteiger partial charge is 0.258 e. The lowest BCUT2D eigenvalue weighted by molar-refractivity contribution is -0.119. The van der Waals surface area contributed by atoms with Gasteiger partial charge in [0.15, 0.2) is 0 Å². The van der Waals surface area contributed by atoms with Crippen molar-refractivity contribution < 1.29 is 14.7 Å². The Morgan fingerprint density at radius 2 is 2.14 bits per heavy atom.